The molecule has 0 saturated carbocycles. The first-order chi connectivity index (χ1) is 14.4. The third kappa shape index (κ3) is 3.76. The molecule has 2 aromatic rings. The van der Waals surface area contributed by atoms with Gasteiger partial charge in [-0.15, -0.1) is 0 Å². The molecule has 0 radical (unpaired) electrons. The van der Waals surface area contributed by atoms with E-state index in [-0.39, 0.29) is 28.8 Å². The Kier molecular flexibility index (Phi) is 5.46. The Hall–Kier alpha value is -2.95. The van der Waals surface area contributed by atoms with Gasteiger partial charge in [0.05, 0.1) is 12.2 Å². The highest BCUT2D eigenvalue weighted by molar-refractivity contribution is 6.14. The fourth-order valence-electron chi connectivity index (χ4n) is 3.26. The largest absolute Gasteiger partial charge is 0.508 e. The van der Waals surface area contributed by atoms with E-state index >= 15 is 0 Å². The maximum atomic E-state index is 12.5. The minimum absolute atomic E-state index is 0.0979. The number of carbonyl (C=O) groups excluding carboxylic acids is 1. The lowest BCUT2D eigenvalue weighted by Crippen LogP contribution is -2.60. The summed E-state index contributed by atoms with van der Waals surface area (Å²) >= 11 is 0. The molecule has 158 valence electrons. The lowest BCUT2D eigenvalue weighted by atomic mass is 9.99. The van der Waals surface area contributed by atoms with Gasteiger partial charge in [-0.2, -0.15) is 0 Å². The Bertz CT molecular complexity index is 967. The van der Waals surface area contributed by atoms with E-state index in [0.717, 1.165) is 0 Å². The van der Waals surface area contributed by atoms with Crippen LogP contribution in [-0.4, -0.2) is 68.6 Å². The first-order valence-electron chi connectivity index (χ1n) is 9.22. The van der Waals surface area contributed by atoms with Crippen LogP contribution in [0.15, 0.2) is 48.2 Å². The summed E-state index contributed by atoms with van der Waals surface area (Å²) in [6.45, 7) is -0.571. The lowest BCUT2D eigenvalue weighted by Gasteiger charge is -2.39. The first-order valence-corrected chi connectivity index (χ1v) is 9.22. The second-order valence-electron chi connectivity index (χ2n) is 7.00. The molecule has 9 heteroatoms. The van der Waals surface area contributed by atoms with Crippen molar-refractivity contribution in [1.29, 1.82) is 0 Å². The minimum Gasteiger partial charge on any atom is -0.508 e. The second-order valence-corrected chi connectivity index (χ2v) is 7.00. The average Bonchev–Trinajstić information content (AvgIpc) is 3.05. The monoisotopic (exact) mass is 416 g/mol. The molecule has 0 amide bonds. The van der Waals surface area contributed by atoms with Gasteiger partial charge >= 0.3 is 0 Å². The predicted octanol–water partition coefficient (Wildman–Crippen LogP) is 0.187. The number of allylic oxidation sites excluding steroid dienone is 1. The number of rotatable bonds is 4. The van der Waals surface area contributed by atoms with Crippen molar-refractivity contribution in [1.82, 2.24) is 0 Å². The van der Waals surface area contributed by atoms with Crippen LogP contribution in [0.1, 0.15) is 15.9 Å². The summed E-state index contributed by atoms with van der Waals surface area (Å²) in [7, 11) is 0. The van der Waals surface area contributed by atoms with Gasteiger partial charge in [0.1, 0.15) is 41.7 Å². The van der Waals surface area contributed by atoms with Gasteiger partial charge in [-0.1, -0.05) is 12.1 Å². The molecule has 2 aliphatic rings. The molecular formula is C21H20O9. The van der Waals surface area contributed by atoms with Gasteiger partial charge in [-0.3, -0.25) is 4.79 Å². The summed E-state index contributed by atoms with van der Waals surface area (Å²) < 4.78 is 16.5. The number of aliphatic hydroxyl groups excluding tert-OH is 4. The molecule has 2 aromatic carbocycles. The molecule has 0 spiro atoms. The van der Waals surface area contributed by atoms with Crippen molar-refractivity contribution in [2.24, 2.45) is 0 Å². The highest BCUT2D eigenvalue weighted by Crippen LogP contribution is 2.36. The zero-order chi connectivity index (χ0) is 21.4. The molecule has 0 aromatic heterocycles. The number of aliphatic hydroxyl groups is 4. The molecule has 5 N–H and O–H groups in total. The van der Waals surface area contributed by atoms with Crippen molar-refractivity contribution in [2.75, 3.05) is 6.61 Å². The second kappa shape index (κ2) is 8.05. The number of benzene rings is 2. The number of ketones is 1. The number of Topliss-reactive ketones (excluding diaryl/α,β-unsaturated/α-hetero) is 1. The standard InChI is InChI=1S/C21H20O9/c22-9-16-18(25)19(26)20(27)21(30-16)28-12-5-6-13-14(8-12)29-15(17(13)24)7-10-1-3-11(23)4-2-10/h1-8,16,18-23,25-27H,9H2/b15-7-/t16-,18-,19+,20-,21-/m1/s1. The van der Waals surface area contributed by atoms with Gasteiger partial charge in [0, 0.05) is 6.07 Å². The fourth-order valence-corrected chi connectivity index (χ4v) is 3.26. The van der Waals surface area contributed by atoms with Crippen molar-refractivity contribution in [3.8, 4) is 17.2 Å². The van der Waals surface area contributed by atoms with Gasteiger partial charge in [-0.25, -0.2) is 0 Å². The van der Waals surface area contributed by atoms with Crippen LogP contribution in [0.5, 0.6) is 17.2 Å². The number of phenols is 1. The summed E-state index contributed by atoms with van der Waals surface area (Å²) in [5.41, 5.74) is 0.989. The highest BCUT2D eigenvalue weighted by Gasteiger charge is 2.44. The van der Waals surface area contributed by atoms with Crippen LogP contribution >= 0.6 is 0 Å². The zero-order valence-corrected chi connectivity index (χ0v) is 15.6. The molecule has 30 heavy (non-hydrogen) atoms. The van der Waals surface area contributed by atoms with Crippen molar-refractivity contribution in [3.63, 3.8) is 0 Å². The maximum Gasteiger partial charge on any atom is 0.231 e. The zero-order valence-electron chi connectivity index (χ0n) is 15.6. The van der Waals surface area contributed by atoms with Crippen molar-refractivity contribution < 1.29 is 44.5 Å². The van der Waals surface area contributed by atoms with Crippen LogP contribution in [0.2, 0.25) is 0 Å². The Morgan fingerprint density at radius 3 is 2.43 bits per heavy atom. The van der Waals surface area contributed by atoms with E-state index in [2.05, 4.69) is 0 Å². The van der Waals surface area contributed by atoms with Crippen LogP contribution in [0.25, 0.3) is 6.08 Å². The predicted molar refractivity (Wildman–Crippen MR) is 102 cm³/mol. The molecular weight excluding hydrogens is 396 g/mol. The quantitative estimate of drug-likeness (QED) is 0.441. The number of phenolic OH excluding ortho intramolecular Hbond substituents is 1. The molecule has 0 unspecified atom stereocenters. The SMILES string of the molecule is O=C1/C(=C/c2ccc(O)cc2)Oc2cc(O[C@@H]3O[C@H](CO)[C@@H](O)[C@H](O)[C@H]3O)ccc21. The number of carbonyl (C=O) groups is 1. The van der Waals surface area contributed by atoms with E-state index in [1.807, 2.05) is 0 Å². The van der Waals surface area contributed by atoms with Crippen molar-refractivity contribution >= 4 is 11.9 Å². The molecule has 2 heterocycles. The van der Waals surface area contributed by atoms with Crippen molar-refractivity contribution in [2.45, 2.75) is 30.7 Å². The summed E-state index contributed by atoms with van der Waals surface area (Å²) in [6.07, 6.45) is -5.50. The van der Waals surface area contributed by atoms with Crippen LogP contribution in [0.3, 0.4) is 0 Å². The van der Waals surface area contributed by atoms with E-state index in [1.54, 1.807) is 18.2 Å². The topological polar surface area (TPSA) is 146 Å². The Morgan fingerprint density at radius 1 is 1.00 bits per heavy atom. The van der Waals surface area contributed by atoms with Crippen molar-refractivity contribution in [3.05, 3.63) is 59.4 Å². The van der Waals surface area contributed by atoms with Crippen LogP contribution in [0.4, 0.5) is 0 Å². The summed E-state index contributed by atoms with van der Waals surface area (Å²) in [4.78, 5) is 12.5. The summed E-state index contributed by atoms with van der Waals surface area (Å²) in [5.74, 6) is 0.316. The molecule has 4 rings (SSSR count). The van der Waals surface area contributed by atoms with Crippen LogP contribution in [-0.2, 0) is 4.74 Å². The van der Waals surface area contributed by atoms with Gasteiger partial charge in [0.25, 0.3) is 0 Å². The third-order valence-electron chi connectivity index (χ3n) is 4.93. The molecule has 0 aliphatic carbocycles. The highest BCUT2D eigenvalue weighted by atomic mass is 16.7. The normalized spacial score (nSPS) is 29.5. The van der Waals surface area contributed by atoms with E-state index in [0.29, 0.717) is 11.1 Å². The summed E-state index contributed by atoms with van der Waals surface area (Å²) in [6, 6.07) is 10.7. The van der Waals surface area contributed by atoms with Crippen LogP contribution in [0, 0.1) is 0 Å². The molecule has 0 bridgehead atoms. The molecule has 2 aliphatic heterocycles. The number of ether oxygens (including phenoxy) is 3. The number of hydrogen-bond donors (Lipinski definition) is 5. The Balaban J connectivity index is 1.52. The third-order valence-corrected chi connectivity index (χ3v) is 4.93. The van der Waals surface area contributed by atoms with E-state index in [9.17, 15) is 30.3 Å². The average molecular weight is 416 g/mol. The minimum atomic E-state index is -1.56. The van der Waals surface area contributed by atoms with E-state index in [1.165, 1.54) is 30.3 Å². The summed E-state index contributed by atoms with van der Waals surface area (Å²) in [5, 5.41) is 48.4. The Morgan fingerprint density at radius 2 is 1.73 bits per heavy atom. The van der Waals surface area contributed by atoms with Gasteiger partial charge < -0.3 is 39.7 Å². The van der Waals surface area contributed by atoms with E-state index in [4.69, 9.17) is 14.2 Å². The first kappa shape index (κ1) is 20.3. The molecule has 9 nitrogen and oxygen atoms in total. The molecule has 1 saturated heterocycles. The molecule has 1 fully saturated rings. The maximum absolute atomic E-state index is 12.5. The van der Waals surface area contributed by atoms with E-state index < -0.39 is 37.3 Å². The Labute approximate surface area is 171 Å². The van der Waals surface area contributed by atoms with Gasteiger partial charge in [-0.05, 0) is 35.9 Å². The van der Waals surface area contributed by atoms with Gasteiger partial charge in [0.15, 0.2) is 5.76 Å². The fraction of sp³-hybridized carbons (Fsp3) is 0.286. The van der Waals surface area contributed by atoms with Crippen LogP contribution < -0.4 is 9.47 Å². The number of hydrogen-bond acceptors (Lipinski definition) is 9. The number of fused-ring (bicyclic) bond motifs is 1. The molecule has 5 atom stereocenters. The number of aromatic hydroxyl groups is 1. The lowest BCUT2D eigenvalue weighted by molar-refractivity contribution is -0.277. The van der Waals surface area contributed by atoms with Gasteiger partial charge in [0.2, 0.25) is 12.1 Å². The smallest absolute Gasteiger partial charge is 0.231 e.